The molecule has 9 nitrogen and oxygen atoms in total. The van der Waals surface area contributed by atoms with Gasteiger partial charge in [-0.3, -0.25) is 20.2 Å². The SMILES string of the molecule is CC(C)[Si](CC(CO)OC(=O)c1ccc([N+](=O)[O-])cc1[N+](=O)[O-])(C(C)C)C(C)C. The predicted octanol–water partition coefficient (Wildman–Crippen LogP) is 4.70. The van der Waals surface area contributed by atoms with Crippen LogP contribution in [-0.2, 0) is 4.74 Å². The lowest BCUT2D eigenvalue weighted by Crippen LogP contribution is -2.48. The summed E-state index contributed by atoms with van der Waals surface area (Å²) < 4.78 is 5.45. The van der Waals surface area contributed by atoms with E-state index < -0.39 is 48.0 Å². The zero-order valence-corrected chi connectivity index (χ0v) is 18.7. The van der Waals surface area contributed by atoms with Crippen molar-refractivity contribution in [2.24, 2.45) is 0 Å². The van der Waals surface area contributed by atoms with Crippen LogP contribution in [0.15, 0.2) is 18.2 Å². The molecule has 0 aliphatic carbocycles. The van der Waals surface area contributed by atoms with E-state index >= 15 is 0 Å². The third-order valence-corrected chi connectivity index (χ3v) is 13.5. The lowest BCUT2D eigenvalue weighted by Gasteiger charge is -2.44. The number of benzene rings is 1. The fraction of sp³-hybridized carbons (Fsp3) is 0.632. The number of non-ortho nitro benzene ring substituents is 1. The van der Waals surface area contributed by atoms with Gasteiger partial charge in [0.25, 0.3) is 11.4 Å². The van der Waals surface area contributed by atoms with Crippen LogP contribution >= 0.6 is 0 Å². The molecule has 0 heterocycles. The molecule has 0 aromatic heterocycles. The average molecular weight is 427 g/mol. The Kier molecular flexibility index (Phi) is 8.46. The number of ether oxygens (including phenoxy) is 1. The standard InChI is InChI=1S/C19H30N2O7Si/c1-12(2)29(13(3)4,14(5)6)11-16(10-22)28-19(23)17-8-7-15(20(24)25)9-18(17)21(26)27/h7-9,12-14,16,22H,10-11H2,1-6H3. The van der Waals surface area contributed by atoms with Gasteiger partial charge in [-0.1, -0.05) is 58.2 Å². The molecule has 162 valence electrons. The minimum Gasteiger partial charge on any atom is -0.456 e. The molecule has 0 bridgehead atoms. The molecule has 0 saturated heterocycles. The molecule has 10 heteroatoms. The summed E-state index contributed by atoms with van der Waals surface area (Å²) in [6.45, 7) is 12.5. The smallest absolute Gasteiger partial charge is 0.345 e. The fourth-order valence-electron chi connectivity index (χ4n) is 4.42. The zero-order valence-electron chi connectivity index (χ0n) is 17.7. The van der Waals surface area contributed by atoms with E-state index in [1.165, 1.54) is 0 Å². The lowest BCUT2D eigenvalue weighted by molar-refractivity contribution is -0.394. The van der Waals surface area contributed by atoms with Crippen LogP contribution in [0.25, 0.3) is 0 Å². The quantitative estimate of drug-likeness (QED) is 0.248. The van der Waals surface area contributed by atoms with Crippen molar-refractivity contribution in [1.82, 2.24) is 0 Å². The van der Waals surface area contributed by atoms with E-state index in [0.717, 1.165) is 18.2 Å². The number of carbonyl (C=O) groups excluding carboxylic acids is 1. The van der Waals surface area contributed by atoms with E-state index in [1.54, 1.807) is 0 Å². The number of carbonyl (C=O) groups is 1. The summed E-state index contributed by atoms with van der Waals surface area (Å²) >= 11 is 0. The normalized spacial score (nSPS) is 13.0. The number of hydrogen-bond acceptors (Lipinski definition) is 7. The molecule has 29 heavy (non-hydrogen) atoms. The van der Waals surface area contributed by atoms with Crippen LogP contribution in [0.3, 0.4) is 0 Å². The highest BCUT2D eigenvalue weighted by atomic mass is 28.3. The van der Waals surface area contributed by atoms with E-state index in [4.69, 9.17) is 4.74 Å². The Balaban J connectivity index is 3.22. The van der Waals surface area contributed by atoms with Crippen LogP contribution in [0.5, 0.6) is 0 Å². The van der Waals surface area contributed by atoms with Gasteiger partial charge >= 0.3 is 5.97 Å². The van der Waals surface area contributed by atoms with Gasteiger partial charge in [0.1, 0.15) is 11.7 Å². The van der Waals surface area contributed by atoms with Gasteiger partial charge in [0.15, 0.2) is 0 Å². The van der Waals surface area contributed by atoms with Crippen LogP contribution in [0.2, 0.25) is 22.7 Å². The van der Waals surface area contributed by atoms with Gasteiger partial charge in [0.05, 0.1) is 30.6 Å². The summed E-state index contributed by atoms with van der Waals surface area (Å²) in [4.78, 5) is 33.2. The fourth-order valence-corrected chi connectivity index (χ4v) is 10.8. The predicted molar refractivity (Wildman–Crippen MR) is 112 cm³/mol. The van der Waals surface area contributed by atoms with Crippen LogP contribution in [0.1, 0.15) is 51.9 Å². The Morgan fingerprint density at radius 3 is 1.93 bits per heavy atom. The second-order valence-corrected chi connectivity index (χ2v) is 14.3. The first-order chi connectivity index (χ1) is 13.4. The summed E-state index contributed by atoms with van der Waals surface area (Å²) in [6.07, 6.45) is -0.795. The van der Waals surface area contributed by atoms with E-state index in [9.17, 15) is 30.1 Å². The number of aliphatic hydroxyl groups excluding tert-OH is 1. The van der Waals surface area contributed by atoms with Crippen molar-refractivity contribution in [2.45, 2.75) is 70.3 Å². The molecule has 1 unspecified atom stereocenters. The van der Waals surface area contributed by atoms with Crippen molar-refractivity contribution in [3.63, 3.8) is 0 Å². The Hall–Kier alpha value is -2.33. The molecule has 0 saturated carbocycles. The van der Waals surface area contributed by atoms with Crippen LogP contribution in [-0.4, -0.2) is 41.7 Å². The molecule has 0 radical (unpaired) electrons. The monoisotopic (exact) mass is 426 g/mol. The molecule has 1 aromatic carbocycles. The molecule has 0 amide bonds. The maximum Gasteiger partial charge on any atom is 0.345 e. The third-order valence-electron chi connectivity index (χ3n) is 5.89. The summed E-state index contributed by atoms with van der Waals surface area (Å²) in [7, 11) is -2.00. The van der Waals surface area contributed by atoms with Crippen LogP contribution in [0.4, 0.5) is 11.4 Å². The third kappa shape index (κ3) is 5.39. The Morgan fingerprint density at radius 1 is 1.03 bits per heavy atom. The van der Waals surface area contributed by atoms with E-state index in [-0.39, 0.29) is 5.56 Å². The maximum atomic E-state index is 12.6. The molecule has 1 rings (SSSR count). The number of nitrogens with zero attached hydrogens (tertiary/aromatic N) is 2. The summed E-state index contributed by atoms with van der Waals surface area (Å²) in [5.41, 5.74) is -0.416. The van der Waals surface area contributed by atoms with Gasteiger partial charge < -0.3 is 9.84 Å². The van der Waals surface area contributed by atoms with Crippen LogP contribution < -0.4 is 0 Å². The summed E-state index contributed by atoms with van der Waals surface area (Å²) in [5, 5.41) is 32.0. The number of aliphatic hydroxyl groups is 1. The molecule has 0 spiro atoms. The largest absolute Gasteiger partial charge is 0.456 e. The van der Waals surface area contributed by atoms with Gasteiger partial charge in [0.2, 0.25) is 0 Å². The second kappa shape index (κ2) is 9.93. The highest BCUT2D eigenvalue weighted by Gasteiger charge is 2.45. The zero-order chi connectivity index (χ0) is 22.5. The molecular weight excluding hydrogens is 396 g/mol. The summed E-state index contributed by atoms with van der Waals surface area (Å²) in [6, 6.07) is 3.31. The van der Waals surface area contributed by atoms with E-state index in [1.807, 2.05) is 0 Å². The van der Waals surface area contributed by atoms with Gasteiger partial charge in [-0.25, -0.2) is 4.79 Å². The van der Waals surface area contributed by atoms with Crippen molar-refractivity contribution in [3.05, 3.63) is 44.0 Å². The first-order valence-electron chi connectivity index (χ1n) is 9.63. The topological polar surface area (TPSA) is 133 Å². The van der Waals surface area contributed by atoms with E-state index in [2.05, 4.69) is 41.5 Å². The average Bonchev–Trinajstić information content (AvgIpc) is 2.63. The Bertz CT molecular complexity index is 743. The Morgan fingerprint density at radius 2 is 1.55 bits per heavy atom. The molecule has 0 fully saturated rings. The molecule has 0 aliphatic rings. The number of nitro benzene ring substituents is 2. The first kappa shape index (κ1) is 24.7. The van der Waals surface area contributed by atoms with Crippen molar-refractivity contribution >= 4 is 25.4 Å². The molecule has 1 aromatic rings. The first-order valence-corrected chi connectivity index (χ1v) is 12.1. The van der Waals surface area contributed by atoms with Gasteiger partial charge in [-0.05, 0) is 12.1 Å². The van der Waals surface area contributed by atoms with Gasteiger partial charge in [-0.2, -0.15) is 0 Å². The number of nitro groups is 2. The molecule has 1 atom stereocenters. The maximum absolute atomic E-state index is 12.6. The highest BCUT2D eigenvalue weighted by Crippen LogP contribution is 2.45. The van der Waals surface area contributed by atoms with E-state index in [0.29, 0.717) is 22.7 Å². The van der Waals surface area contributed by atoms with Crippen LogP contribution in [0, 0.1) is 20.2 Å². The van der Waals surface area contributed by atoms with Gasteiger partial charge in [0, 0.05) is 6.07 Å². The molecular formula is C19H30N2O7Si. The number of rotatable bonds is 10. The minimum absolute atomic E-state index is 0.370. The van der Waals surface area contributed by atoms with Crippen molar-refractivity contribution in [2.75, 3.05) is 6.61 Å². The Labute approximate surface area is 171 Å². The van der Waals surface area contributed by atoms with Crippen molar-refractivity contribution in [3.8, 4) is 0 Å². The lowest BCUT2D eigenvalue weighted by atomic mass is 10.1. The summed E-state index contributed by atoms with van der Waals surface area (Å²) in [5.74, 6) is -0.968. The number of hydrogen-bond donors (Lipinski definition) is 1. The van der Waals surface area contributed by atoms with Crippen molar-refractivity contribution < 1.29 is 24.5 Å². The second-order valence-electron chi connectivity index (χ2n) is 8.21. The molecule has 0 aliphatic heterocycles. The minimum atomic E-state index is -2.00. The number of esters is 1. The molecule has 1 N–H and O–H groups in total. The van der Waals surface area contributed by atoms with Crippen molar-refractivity contribution in [1.29, 1.82) is 0 Å². The highest BCUT2D eigenvalue weighted by molar-refractivity contribution is 6.83. The van der Waals surface area contributed by atoms with Gasteiger partial charge in [-0.15, -0.1) is 0 Å².